The van der Waals surface area contributed by atoms with Crippen LogP contribution in [0.5, 0.6) is 0 Å². The van der Waals surface area contributed by atoms with Gasteiger partial charge in [0.1, 0.15) is 0 Å². The van der Waals surface area contributed by atoms with Gasteiger partial charge in [0.25, 0.3) is 0 Å². The Hall–Kier alpha value is -1.23. The molecule has 0 bridgehead atoms. The van der Waals surface area contributed by atoms with Crippen molar-refractivity contribution in [2.24, 2.45) is 0 Å². The molecule has 1 aromatic carbocycles. The number of benzene rings is 1. The molecule has 4 heteroatoms. The highest BCUT2D eigenvalue weighted by Crippen LogP contribution is 2.25. The maximum absolute atomic E-state index is 5.32. The Balaban J connectivity index is 1.79. The first-order valence-electron chi connectivity index (χ1n) is 8.01. The largest absolute Gasteiger partial charge is 0.382 e. The van der Waals surface area contributed by atoms with Gasteiger partial charge >= 0.3 is 0 Å². The number of thiazole rings is 1. The zero-order valence-corrected chi connectivity index (χ0v) is 14.6. The van der Waals surface area contributed by atoms with E-state index < -0.39 is 0 Å². The lowest BCUT2D eigenvalue weighted by Crippen LogP contribution is -2.19. The van der Waals surface area contributed by atoms with Gasteiger partial charge in [0.05, 0.1) is 10.7 Å². The SMILES string of the molecule is CCOCCCNCCc1nc(-c2ccc(C)cc2C)cs1. The number of ether oxygens (including phenoxy) is 1. The summed E-state index contributed by atoms with van der Waals surface area (Å²) in [4.78, 5) is 4.77. The summed E-state index contributed by atoms with van der Waals surface area (Å²) in [6.07, 6.45) is 2.06. The second-order valence-electron chi connectivity index (χ2n) is 5.50. The van der Waals surface area contributed by atoms with Crippen LogP contribution in [0.25, 0.3) is 11.3 Å². The van der Waals surface area contributed by atoms with Crippen molar-refractivity contribution >= 4 is 11.3 Å². The first-order chi connectivity index (χ1) is 10.7. The monoisotopic (exact) mass is 318 g/mol. The molecule has 0 aliphatic carbocycles. The highest BCUT2D eigenvalue weighted by Gasteiger charge is 2.07. The van der Waals surface area contributed by atoms with E-state index in [1.807, 2.05) is 6.92 Å². The summed E-state index contributed by atoms with van der Waals surface area (Å²) in [5.41, 5.74) is 4.95. The van der Waals surface area contributed by atoms with Crippen molar-refractivity contribution in [3.63, 3.8) is 0 Å². The van der Waals surface area contributed by atoms with E-state index in [1.54, 1.807) is 11.3 Å². The molecule has 2 aromatic rings. The van der Waals surface area contributed by atoms with Crippen LogP contribution in [0.4, 0.5) is 0 Å². The zero-order valence-electron chi connectivity index (χ0n) is 13.8. The smallest absolute Gasteiger partial charge is 0.0945 e. The number of nitrogens with zero attached hydrogens (tertiary/aromatic N) is 1. The average molecular weight is 318 g/mol. The van der Waals surface area contributed by atoms with Crippen LogP contribution in [-0.2, 0) is 11.2 Å². The van der Waals surface area contributed by atoms with Crippen LogP contribution in [-0.4, -0.2) is 31.3 Å². The molecule has 3 nitrogen and oxygen atoms in total. The first kappa shape index (κ1) is 17.1. The molecule has 1 aromatic heterocycles. The van der Waals surface area contributed by atoms with E-state index in [2.05, 4.69) is 42.7 Å². The van der Waals surface area contributed by atoms with Crippen molar-refractivity contribution in [3.05, 3.63) is 39.7 Å². The average Bonchev–Trinajstić information content (AvgIpc) is 2.95. The minimum Gasteiger partial charge on any atom is -0.382 e. The molecule has 0 saturated carbocycles. The van der Waals surface area contributed by atoms with Gasteiger partial charge in [-0.05, 0) is 39.3 Å². The van der Waals surface area contributed by atoms with Crippen molar-refractivity contribution in [3.8, 4) is 11.3 Å². The Bertz CT molecular complexity index is 580. The molecule has 2 rings (SSSR count). The van der Waals surface area contributed by atoms with E-state index >= 15 is 0 Å². The van der Waals surface area contributed by atoms with Gasteiger partial charge in [-0.15, -0.1) is 11.3 Å². The van der Waals surface area contributed by atoms with Gasteiger partial charge in [-0.2, -0.15) is 0 Å². The summed E-state index contributed by atoms with van der Waals surface area (Å²) in [7, 11) is 0. The van der Waals surface area contributed by atoms with Crippen LogP contribution in [0.1, 0.15) is 29.5 Å². The lowest BCUT2D eigenvalue weighted by Gasteiger charge is -2.04. The minimum absolute atomic E-state index is 0.806. The summed E-state index contributed by atoms with van der Waals surface area (Å²) in [5, 5.41) is 6.82. The molecule has 0 amide bonds. The van der Waals surface area contributed by atoms with Crippen LogP contribution in [0.2, 0.25) is 0 Å². The summed E-state index contributed by atoms with van der Waals surface area (Å²) in [5.74, 6) is 0. The normalized spacial score (nSPS) is 11.0. The highest BCUT2D eigenvalue weighted by molar-refractivity contribution is 7.09. The van der Waals surface area contributed by atoms with E-state index in [9.17, 15) is 0 Å². The quantitative estimate of drug-likeness (QED) is 0.710. The van der Waals surface area contributed by atoms with Crippen LogP contribution in [0, 0.1) is 13.8 Å². The Morgan fingerprint density at radius 3 is 2.86 bits per heavy atom. The molecule has 0 aliphatic rings. The second-order valence-corrected chi connectivity index (χ2v) is 6.44. The third kappa shape index (κ3) is 5.20. The molecule has 0 spiro atoms. The fourth-order valence-corrected chi connectivity index (χ4v) is 3.21. The molecule has 0 radical (unpaired) electrons. The molecule has 0 unspecified atom stereocenters. The van der Waals surface area contributed by atoms with E-state index in [1.165, 1.54) is 21.7 Å². The highest BCUT2D eigenvalue weighted by atomic mass is 32.1. The van der Waals surface area contributed by atoms with Crippen molar-refractivity contribution < 1.29 is 4.74 Å². The maximum Gasteiger partial charge on any atom is 0.0945 e. The maximum atomic E-state index is 5.32. The molecular weight excluding hydrogens is 292 g/mol. The third-order valence-electron chi connectivity index (χ3n) is 3.57. The molecule has 0 atom stereocenters. The van der Waals surface area contributed by atoms with Gasteiger partial charge < -0.3 is 10.1 Å². The second kappa shape index (κ2) is 9.03. The molecule has 0 saturated heterocycles. The Morgan fingerprint density at radius 1 is 1.23 bits per heavy atom. The number of aromatic nitrogens is 1. The number of rotatable bonds is 9. The van der Waals surface area contributed by atoms with Gasteiger partial charge in [-0.25, -0.2) is 4.98 Å². The van der Waals surface area contributed by atoms with Gasteiger partial charge in [0.15, 0.2) is 0 Å². The first-order valence-corrected chi connectivity index (χ1v) is 8.89. The van der Waals surface area contributed by atoms with Gasteiger partial charge in [0, 0.05) is 37.1 Å². The zero-order chi connectivity index (χ0) is 15.8. The minimum atomic E-state index is 0.806. The fraction of sp³-hybridized carbons (Fsp3) is 0.500. The molecule has 22 heavy (non-hydrogen) atoms. The number of nitrogens with one attached hydrogen (secondary N) is 1. The summed E-state index contributed by atoms with van der Waals surface area (Å²) in [6.45, 7) is 9.95. The van der Waals surface area contributed by atoms with Crippen molar-refractivity contribution in [1.29, 1.82) is 0 Å². The summed E-state index contributed by atoms with van der Waals surface area (Å²) < 4.78 is 5.32. The number of hydrogen-bond donors (Lipinski definition) is 1. The Labute approximate surface area is 137 Å². The predicted octanol–water partition coefficient (Wildman–Crippen LogP) is 3.99. The summed E-state index contributed by atoms with van der Waals surface area (Å²) >= 11 is 1.75. The lowest BCUT2D eigenvalue weighted by atomic mass is 10.0. The van der Waals surface area contributed by atoms with Gasteiger partial charge in [-0.3, -0.25) is 0 Å². The van der Waals surface area contributed by atoms with E-state index in [0.29, 0.717) is 0 Å². The molecule has 0 fully saturated rings. The van der Waals surface area contributed by atoms with Crippen LogP contribution in [0.3, 0.4) is 0 Å². The molecular formula is C18H26N2OS. The van der Waals surface area contributed by atoms with Crippen LogP contribution < -0.4 is 5.32 Å². The number of hydrogen-bond acceptors (Lipinski definition) is 4. The van der Waals surface area contributed by atoms with E-state index in [0.717, 1.165) is 44.8 Å². The van der Waals surface area contributed by atoms with Gasteiger partial charge in [0.2, 0.25) is 0 Å². The lowest BCUT2D eigenvalue weighted by molar-refractivity contribution is 0.145. The fourth-order valence-electron chi connectivity index (χ4n) is 2.41. The molecule has 0 aliphatic heterocycles. The summed E-state index contributed by atoms with van der Waals surface area (Å²) in [6, 6.07) is 6.55. The third-order valence-corrected chi connectivity index (χ3v) is 4.48. The molecule has 1 heterocycles. The van der Waals surface area contributed by atoms with Crippen molar-refractivity contribution in [1.82, 2.24) is 10.3 Å². The Morgan fingerprint density at radius 2 is 2.09 bits per heavy atom. The van der Waals surface area contributed by atoms with Crippen LogP contribution in [0.15, 0.2) is 23.6 Å². The van der Waals surface area contributed by atoms with Crippen LogP contribution >= 0.6 is 11.3 Å². The topological polar surface area (TPSA) is 34.1 Å². The van der Waals surface area contributed by atoms with E-state index in [4.69, 9.17) is 9.72 Å². The van der Waals surface area contributed by atoms with E-state index in [-0.39, 0.29) is 0 Å². The molecule has 1 N–H and O–H groups in total. The van der Waals surface area contributed by atoms with Crippen molar-refractivity contribution in [2.45, 2.75) is 33.6 Å². The number of aryl methyl sites for hydroxylation is 2. The predicted molar refractivity (Wildman–Crippen MR) is 94.7 cm³/mol. The van der Waals surface area contributed by atoms with Crippen molar-refractivity contribution in [2.75, 3.05) is 26.3 Å². The van der Waals surface area contributed by atoms with Gasteiger partial charge in [-0.1, -0.05) is 23.8 Å². The Kier molecular flexibility index (Phi) is 7.03. The molecule has 120 valence electrons. The standard InChI is InChI=1S/C18H26N2OS/c1-4-21-11-5-9-19-10-8-18-20-17(13-22-18)16-7-6-14(2)12-15(16)3/h6-7,12-13,19H,4-5,8-11H2,1-3H3.